The van der Waals surface area contributed by atoms with E-state index in [0.717, 1.165) is 17.5 Å². The number of amides is 1. The summed E-state index contributed by atoms with van der Waals surface area (Å²) >= 11 is 11.5. The summed E-state index contributed by atoms with van der Waals surface area (Å²) in [6, 6.07) is 5.61. The number of aryl methyl sites for hydroxylation is 1. The van der Waals surface area contributed by atoms with E-state index < -0.39 is 0 Å². The molecule has 0 saturated heterocycles. The maximum Gasteiger partial charge on any atom is 0.221 e. The number of nitrogens with zero attached hydrogens (tertiary/aromatic N) is 1. The Balaban J connectivity index is 2.19. The number of imidazole rings is 1. The van der Waals surface area contributed by atoms with Gasteiger partial charge in [-0.3, -0.25) is 4.79 Å². The summed E-state index contributed by atoms with van der Waals surface area (Å²) in [5, 5.41) is 3.49. The van der Waals surface area contributed by atoms with E-state index in [4.69, 9.17) is 23.8 Å². The fourth-order valence-electron chi connectivity index (χ4n) is 1.95. The first kappa shape index (κ1) is 14.1. The zero-order chi connectivity index (χ0) is 13.8. The van der Waals surface area contributed by atoms with Gasteiger partial charge in [-0.1, -0.05) is 24.6 Å². The number of hydrogen-bond donors (Lipinski definition) is 2. The molecule has 4 nitrogen and oxygen atoms in total. The molecule has 6 heteroatoms. The van der Waals surface area contributed by atoms with Gasteiger partial charge in [0.05, 0.1) is 16.1 Å². The van der Waals surface area contributed by atoms with Crippen molar-refractivity contribution >= 4 is 40.8 Å². The maximum atomic E-state index is 11.6. The molecule has 0 aliphatic rings. The van der Waals surface area contributed by atoms with Crippen molar-refractivity contribution in [3.8, 4) is 0 Å². The van der Waals surface area contributed by atoms with Crippen LogP contribution >= 0.6 is 23.8 Å². The normalized spacial score (nSPS) is 10.8. The highest BCUT2D eigenvalue weighted by atomic mass is 35.5. The van der Waals surface area contributed by atoms with E-state index in [0.29, 0.717) is 29.3 Å². The Morgan fingerprint density at radius 3 is 3.05 bits per heavy atom. The SMILES string of the molecule is CCCNC(=O)CCn1c(=S)[nH]c2cccc(Cl)c21. The fourth-order valence-corrected chi connectivity index (χ4v) is 2.52. The molecule has 1 aromatic carbocycles. The van der Waals surface area contributed by atoms with E-state index >= 15 is 0 Å². The van der Waals surface area contributed by atoms with Crippen LogP contribution in [0, 0.1) is 4.77 Å². The predicted molar refractivity (Wildman–Crippen MR) is 80.1 cm³/mol. The number of aromatic amines is 1. The zero-order valence-electron chi connectivity index (χ0n) is 10.7. The number of fused-ring (bicyclic) bond motifs is 1. The maximum absolute atomic E-state index is 11.6. The number of hydrogen-bond acceptors (Lipinski definition) is 2. The van der Waals surface area contributed by atoms with Gasteiger partial charge >= 0.3 is 0 Å². The Hall–Kier alpha value is -1.33. The average Bonchev–Trinajstić information content (AvgIpc) is 2.71. The number of para-hydroxylation sites is 1. The van der Waals surface area contributed by atoms with E-state index in [1.165, 1.54) is 0 Å². The highest BCUT2D eigenvalue weighted by Crippen LogP contribution is 2.23. The van der Waals surface area contributed by atoms with Gasteiger partial charge in [0.1, 0.15) is 0 Å². The topological polar surface area (TPSA) is 49.8 Å². The van der Waals surface area contributed by atoms with Crippen LogP contribution in [-0.2, 0) is 11.3 Å². The quantitative estimate of drug-likeness (QED) is 0.832. The molecular formula is C13H16ClN3OS. The largest absolute Gasteiger partial charge is 0.356 e. The standard InChI is InChI=1S/C13H16ClN3OS/c1-2-7-15-11(18)6-8-17-12-9(14)4-3-5-10(12)16-13(17)19/h3-5H,2,6-8H2,1H3,(H,15,18)(H,16,19). The molecule has 0 unspecified atom stereocenters. The second kappa shape index (κ2) is 6.21. The Morgan fingerprint density at radius 2 is 2.32 bits per heavy atom. The molecule has 0 atom stereocenters. The van der Waals surface area contributed by atoms with Gasteiger partial charge in [0.25, 0.3) is 0 Å². The number of H-pyrrole nitrogens is 1. The van der Waals surface area contributed by atoms with E-state index in [9.17, 15) is 4.79 Å². The first-order valence-corrected chi connectivity index (χ1v) is 7.06. The van der Waals surface area contributed by atoms with Crippen molar-refractivity contribution in [2.24, 2.45) is 0 Å². The molecule has 1 amide bonds. The molecule has 1 heterocycles. The summed E-state index contributed by atoms with van der Waals surface area (Å²) < 4.78 is 2.46. The predicted octanol–water partition coefficient (Wildman–Crippen LogP) is 3.27. The van der Waals surface area contributed by atoms with E-state index in [-0.39, 0.29) is 5.91 Å². The number of aromatic nitrogens is 2. The van der Waals surface area contributed by atoms with Crippen molar-refractivity contribution in [2.45, 2.75) is 26.3 Å². The molecule has 1 aromatic heterocycles. The van der Waals surface area contributed by atoms with Crippen molar-refractivity contribution < 1.29 is 4.79 Å². The lowest BCUT2D eigenvalue weighted by atomic mass is 10.3. The first-order valence-electron chi connectivity index (χ1n) is 6.27. The van der Waals surface area contributed by atoms with Gasteiger partial charge < -0.3 is 14.9 Å². The summed E-state index contributed by atoms with van der Waals surface area (Å²) in [7, 11) is 0. The number of halogens is 1. The molecule has 0 bridgehead atoms. The van der Waals surface area contributed by atoms with E-state index in [2.05, 4.69) is 10.3 Å². The minimum Gasteiger partial charge on any atom is -0.356 e. The number of carbonyl (C=O) groups is 1. The third-order valence-corrected chi connectivity index (χ3v) is 3.51. The van der Waals surface area contributed by atoms with Gasteiger partial charge in [0.15, 0.2) is 4.77 Å². The van der Waals surface area contributed by atoms with Gasteiger partial charge in [-0.05, 0) is 30.8 Å². The molecular weight excluding hydrogens is 282 g/mol. The lowest BCUT2D eigenvalue weighted by Crippen LogP contribution is -2.25. The van der Waals surface area contributed by atoms with Gasteiger partial charge in [-0.2, -0.15) is 0 Å². The van der Waals surface area contributed by atoms with Crippen LogP contribution < -0.4 is 5.32 Å². The fraction of sp³-hybridized carbons (Fsp3) is 0.385. The molecule has 0 fully saturated rings. The zero-order valence-corrected chi connectivity index (χ0v) is 12.3. The second-order valence-corrected chi connectivity index (χ2v) is 5.11. The van der Waals surface area contributed by atoms with Gasteiger partial charge in [-0.15, -0.1) is 0 Å². The lowest BCUT2D eigenvalue weighted by molar-refractivity contribution is -0.121. The molecule has 0 radical (unpaired) electrons. The number of rotatable bonds is 5. The van der Waals surface area contributed by atoms with Crippen LogP contribution in [0.4, 0.5) is 0 Å². The Labute approximate surface area is 121 Å². The molecule has 0 spiro atoms. The van der Waals surface area contributed by atoms with Crippen LogP contribution in [0.2, 0.25) is 5.02 Å². The molecule has 2 N–H and O–H groups in total. The molecule has 2 aromatic rings. The Morgan fingerprint density at radius 1 is 1.53 bits per heavy atom. The molecule has 19 heavy (non-hydrogen) atoms. The minimum atomic E-state index is 0.0325. The third-order valence-electron chi connectivity index (χ3n) is 2.88. The second-order valence-electron chi connectivity index (χ2n) is 4.32. The van der Waals surface area contributed by atoms with E-state index in [1.54, 1.807) is 0 Å². The monoisotopic (exact) mass is 297 g/mol. The van der Waals surface area contributed by atoms with Crippen LogP contribution in [0.3, 0.4) is 0 Å². The summed E-state index contributed by atoms with van der Waals surface area (Å²) in [5.41, 5.74) is 1.75. The van der Waals surface area contributed by atoms with Crippen LogP contribution in [0.15, 0.2) is 18.2 Å². The van der Waals surface area contributed by atoms with Gasteiger partial charge in [0, 0.05) is 19.5 Å². The first-order chi connectivity index (χ1) is 9.13. The number of carbonyl (C=O) groups excluding carboxylic acids is 1. The van der Waals surface area contributed by atoms with Crippen molar-refractivity contribution in [2.75, 3.05) is 6.54 Å². The third kappa shape index (κ3) is 3.16. The summed E-state index contributed by atoms with van der Waals surface area (Å²) in [6.07, 6.45) is 1.33. The summed E-state index contributed by atoms with van der Waals surface area (Å²) in [6.45, 7) is 3.26. The van der Waals surface area contributed by atoms with E-state index in [1.807, 2.05) is 29.7 Å². The Bertz CT molecular complexity index is 647. The van der Waals surface area contributed by atoms with Gasteiger partial charge in [0.2, 0.25) is 5.91 Å². The number of benzene rings is 1. The van der Waals surface area contributed by atoms with Crippen LogP contribution in [0.25, 0.3) is 11.0 Å². The average molecular weight is 298 g/mol. The number of nitrogens with one attached hydrogen (secondary N) is 2. The van der Waals surface area contributed by atoms with Crippen LogP contribution in [0.1, 0.15) is 19.8 Å². The Kier molecular flexibility index (Phi) is 4.61. The lowest BCUT2D eigenvalue weighted by Gasteiger charge is -2.06. The molecule has 0 saturated carbocycles. The van der Waals surface area contributed by atoms with Crippen LogP contribution in [-0.4, -0.2) is 22.0 Å². The summed E-state index contributed by atoms with van der Waals surface area (Å²) in [4.78, 5) is 14.7. The van der Waals surface area contributed by atoms with Crippen molar-refractivity contribution in [3.63, 3.8) is 0 Å². The molecule has 0 aliphatic carbocycles. The highest BCUT2D eigenvalue weighted by molar-refractivity contribution is 7.71. The molecule has 2 rings (SSSR count). The highest BCUT2D eigenvalue weighted by Gasteiger charge is 2.09. The molecule has 102 valence electrons. The van der Waals surface area contributed by atoms with Crippen LogP contribution in [0.5, 0.6) is 0 Å². The minimum absolute atomic E-state index is 0.0325. The van der Waals surface area contributed by atoms with Crippen molar-refractivity contribution in [1.29, 1.82) is 0 Å². The molecule has 0 aliphatic heterocycles. The van der Waals surface area contributed by atoms with Crippen molar-refractivity contribution in [3.05, 3.63) is 28.0 Å². The van der Waals surface area contributed by atoms with Gasteiger partial charge in [-0.25, -0.2) is 0 Å². The van der Waals surface area contributed by atoms with Crippen molar-refractivity contribution in [1.82, 2.24) is 14.9 Å². The smallest absolute Gasteiger partial charge is 0.221 e. The summed E-state index contributed by atoms with van der Waals surface area (Å²) in [5.74, 6) is 0.0325.